The van der Waals surface area contributed by atoms with Crippen molar-refractivity contribution in [3.8, 4) is 0 Å². The van der Waals surface area contributed by atoms with E-state index in [1.54, 1.807) is 4.90 Å². The maximum absolute atomic E-state index is 12.9. The minimum atomic E-state index is -0.405. The zero-order valence-corrected chi connectivity index (χ0v) is 17.0. The second-order valence-electron chi connectivity index (χ2n) is 7.21. The maximum atomic E-state index is 12.9. The first kappa shape index (κ1) is 19.4. The fourth-order valence-corrected chi connectivity index (χ4v) is 4.71. The number of ether oxygens (including phenoxy) is 1. The molecule has 0 saturated heterocycles. The van der Waals surface area contributed by atoms with Crippen LogP contribution < -0.4 is 0 Å². The fourth-order valence-electron chi connectivity index (χ4n) is 3.56. The van der Waals surface area contributed by atoms with E-state index in [0.717, 1.165) is 30.4 Å². The van der Waals surface area contributed by atoms with Gasteiger partial charge in [0.2, 0.25) is 0 Å². The van der Waals surface area contributed by atoms with E-state index in [0.29, 0.717) is 18.0 Å². The SMILES string of the molecule is O=C(OCC(=O)N(Cc1ccccc1)Cc1ccccc1)c1cc2c(s1)CCC2. The minimum Gasteiger partial charge on any atom is -0.451 e. The number of carbonyl (C=O) groups is 2. The molecule has 0 bridgehead atoms. The molecule has 0 N–H and O–H groups in total. The van der Waals surface area contributed by atoms with E-state index < -0.39 is 5.97 Å². The number of rotatable bonds is 7. The molecule has 1 aromatic heterocycles. The predicted molar refractivity (Wildman–Crippen MR) is 114 cm³/mol. The van der Waals surface area contributed by atoms with Crippen LogP contribution in [0.5, 0.6) is 0 Å². The monoisotopic (exact) mass is 405 g/mol. The molecular formula is C24H23NO3S. The van der Waals surface area contributed by atoms with Gasteiger partial charge in [0.25, 0.3) is 5.91 Å². The van der Waals surface area contributed by atoms with Crippen molar-refractivity contribution in [3.05, 3.63) is 93.2 Å². The zero-order valence-electron chi connectivity index (χ0n) is 16.2. The molecule has 0 radical (unpaired) electrons. The summed E-state index contributed by atoms with van der Waals surface area (Å²) in [6.07, 6.45) is 3.22. The van der Waals surface area contributed by atoms with Crippen molar-refractivity contribution in [1.29, 1.82) is 0 Å². The second kappa shape index (κ2) is 9.05. The van der Waals surface area contributed by atoms with Crippen molar-refractivity contribution in [2.75, 3.05) is 6.61 Å². The van der Waals surface area contributed by atoms with Crippen molar-refractivity contribution in [2.45, 2.75) is 32.4 Å². The van der Waals surface area contributed by atoms with Crippen LogP contribution in [-0.4, -0.2) is 23.4 Å². The molecule has 0 unspecified atom stereocenters. The quantitative estimate of drug-likeness (QED) is 0.539. The lowest BCUT2D eigenvalue weighted by Gasteiger charge is -2.23. The number of esters is 1. The second-order valence-corrected chi connectivity index (χ2v) is 8.35. The summed E-state index contributed by atoms with van der Waals surface area (Å²) in [7, 11) is 0. The molecule has 5 heteroatoms. The summed E-state index contributed by atoms with van der Waals surface area (Å²) in [5.41, 5.74) is 3.33. The van der Waals surface area contributed by atoms with Crippen LogP contribution in [0.1, 0.15) is 37.7 Å². The third-order valence-electron chi connectivity index (χ3n) is 5.06. The van der Waals surface area contributed by atoms with Gasteiger partial charge in [0, 0.05) is 18.0 Å². The Kier molecular flexibility index (Phi) is 6.06. The number of fused-ring (bicyclic) bond motifs is 1. The first-order chi connectivity index (χ1) is 14.2. The summed E-state index contributed by atoms with van der Waals surface area (Å²) in [5.74, 6) is -0.604. The van der Waals surface area contributed by atoms with Crippen molar-refractivity contribution in [2.24, 2.45) is 0 Å². The molecule has 0 fully saturated rings. The lowest BCUT2D eigenvalue weighted by molar-refractivity contribution is -0.135. The molecule has 4 rings (SSSR count). The summed E-state index contributed by atoms with van der Waals surface area (Å²) in [6.45, 7) is 0.694. The minimum absolute atomic E-state index is 0.199. The molecule has 0 atom stereocenters. The van der Waals surface area contributed by atoms with Crippen molar-refractivity contribution in [3.63, 3.8) is 0 Å². The van der Waals surface area contributed by atoms with E-state index in [2.05, 4.69) is 0 Å². The van der Waals surface area contributed by atoms with Gasteiger partial charge in [-0.1, -0.05) is 60.7 Å². The molecule has 148 valence electrons. The summed E-state index contributed by atoms with van der Waals surface area (Å²) < 4.78 is 5.36. The Hall–Kier alpha value is -2.92. The normalized spacial score (nSPS) is 12.4. The summed E-state index contributed by atoms with van der Waals surface area (Å²) in [6, 6.07) is 21.6. The molecule has 0 spiro atoms. The molecule has 1 aliphatic carbocycles. The van der Waals surface area contributed by atoms with Gasteiger partial charge in [0.05, 0.1) is 0 Å². The highest BCUT2D eigenvalue weighted by atomic mass is 32.1. The predicted octanol–water partition coefficient (Wildman–Crippen LogP) is 4.62. The first-order valence-corrected chi connectivity index (χ1v) is 10.6. The van der Waals surface area contributed by atoms with Crippen molar-refractivity contribution in [1.82, 2.24) is 4.90 Å². The van der Waals surface area contributed by atoms with Crippen LogP contribution in [0.3, 0.4) is 0 Å². The van der Waals surface area contributed by atoms with Gasteiger partial charge in [0.1, 0.15) is 4.88 Å². The van der Waals surface area contributed by atoms with Gasteiger partial charge in [-0.05, 0) is 42.0 Å². The van der Waals surface area contributed by atoms with Crippen molar-refractivity contribution >= 4 is 23.2 Å². The molecule has 1 aliphatic rings. The van der Waals surface area contributed by atoms with E-state index in [9.17, 15) is 9.59 Å². The van der Waals surface area contributed by atoms with Crippen LogP contribution in [0.25, 0.3) is 0 Å². The number of nitrogens with zero attached hydrogens (tertiary/aromatic N) is 1. The third kappa shape index (κ3) is 4.93. The van der Waals surface area contributed by atoms with Crippen LogP contribution >= 0.6 is 11.3 Å². The van der Waals surface area contributed by atoms with E-state index >= 15 is 0 Å². The van der Waals surface area contributed by atoms with Crippen LogP contribution in [0.2, 0.25) is 0 Å². The van der Waals surface area contributed by atoms with E-state index in [1.807, 2.05) is 66.7 Å². The summed E-state index contributed by atoms with van der Waals surface area (Å²) in [4.78, 5) is 28.9. The lowest BCUT2D eigenvalue weighted by Crippen LogP contribution is -2.33. The third-order valence-corrected chi connectivity index (χ3v) is 6.28. The fraction of sp³-hybridized carbons (Fsp3) is 0.250. The highest BCUT2D eigenvalue weighted by molar-refractivity contribution is 7.14. The standard InChI is InChI=1S/C24H23NO3S/c26-23(17-28-24(27)22-14-20-12-7-13-21(20)29-22)25(15-18-8-3-1-4-9-18)16-19-10-5-2-6-11-19/h1-6,8-11,14H,7,12-13,15-17H2. The van der Waals surface area contributed by atoms with Gasteiger partial charge in [-0.2, -0.15) is 0 Å². The van der Waals surface area contributed by atoms with Gasteiger partial charge in [-0.25, -0.2) is 4.79 Å². The van der Waals surface area contributed by atoms with Gasteiger partial charge in [0.15, 0.2) is 6.61 Å². The van der Waals surface area contributed by atoms with E-state index in [-0.39, 0.29) is 12.5 Å². The summed E-state index contributed by atoms with van der Waals surface area (Å²) >= 11 is 1.50. The summed E-state index contributed by atoms with van der Waals surface area (Å²) in [5, 5.41) is 0. The van der Waals surface area contributed by atoms with Crippen LogP contribution in [0.4, 0.5) is 0 Å². The van der Waals surface area contributed by atoms with Gasteiger partial charge >= 0.3 is 5.97 Å². The molecule has 1 amide bonds. The van der Waals surface area contributed by atoms with E-state index in [4.69, 9.17) is 4.74 Å². The van der Waals surface area contributed by atoms with Gasteiger partial charge < -0.3 is 9.64 Å². The van der Waals surface area contributed by atoms with Crippen molar-refractivity contribution < 1.29 is 14.3 Å². The number of amides is 1. The molecular weight excluding hydrogens is 382 g/mol. The molecule has 0 saturated carbocycles. The molecule has 3 aromatic rings. The molecule has 4 nitrogen and oxygen atoms in total. The maximum Gasteiger partial charge on any atom is 0.348 e. The largest absolute Gasteiger partial charge is 0.451 e. The number of thiophene rings is 1. The average molecular weight is 406 g/mol. The highest BCUT2D eigenvalue weighted by Crippen LogP contribution is 2.30. The molecule has 1 heterocycles. The van der Waals surface area contributed by atoms with Gasteiger partial charge in [-0.3, -0.25) is 4.79 Å². The average Bonchev–Trinajstić information content (AvgIpc) is 3.35. The lowest BCUT2D eigenvalue weighted by atomic mass is 10.1. The molecule has 2 aromatic carbocycles. The molecule has 29 heavy (non-hydrogen) atoms. The smallest absolute Gasteiger partial charge is 0.348 e. The van der Waals surface area contributed by atoms with Crippen LogP contribution in [0.15, 0.2) is 66.7 Å². The van der Waals surface area contributed by atoms with Crippen LogP contribution in [0, 0.1) is 0 Å². The van der Waals surface area contributed by atoms with Crippen LogP contribution in [-0.2, 0) is 35.5 Å². The Morgan fingerprint density at radius 2 is 1.52 bits per heavy atom. The number of carbonyl (C=O) groups excluding carboxylic acids is 2. The number of hydrogen-bond acceptors (Lipinski definition) is 4. The number of aryl methyl sites for hydroxylation is 2. The molecule has 0 aliphatic heterocycles. The van der Waals surface area contributed by atoms with E-state index in [1.165, 1.54) is 21.8 Å². The topological polar surface area (TPSA) is 46.6 Å². The van der Waals surface area contributed by atoms with Gasteiger partial charge in [-0.15, -0.1) is 11.3 Å². The Bertz CT molecular complexity index is 919. The zero-order chi connectivity index (χ0) is 20.1. The Balaban J connectivity index is 1.41. The Labute approximate surface area is 174 Å². The number of hydrogen-bond donors (Lipinski definition) is 0. The number of benzene rings is 2. The first-order valence-electron chi connectivity index (χ1n) is 9.83. The Morgan fingerprint density at radius 3 is 2.10 bits per heavy atom. The Morgan fingerprint density at radius 1 is 0.897 bits per heavy atom. The highest BCUT2D eigenvalue weighted by Gasteiger charge is 2.21.